The Bertz CT molecular complexity index is 693. The minimum Gasteiger partial charge on any atom is -0.396 e. The lowest BCUT2D eigenvalue weighted by Gasteiger charge is -2.47. The molecule has 0 spiro atoms. The van der Waals surface area contributed by atoms with Gasteiger partial charge in [-0.1, -0.05) is 6.42 Å². The molecule has 0 saturated carbocycles. The highest BCUT2D eigenvalue weighted by Gasteiger charge is 2.52. The predicted octanol–water partition coefficient (Wildman–Crippen LogP) is -5.46. The van der Waals surface area contributed by atoms with Crippen molar-refractivity contribution in [2.24, 2.45) is 0 Å². The summed E-state index contributed by atoms with van der Waals surface area (Å²) >= 11 is 4.11. The fraction of sp³-hybridized carbons (Fsp3) is 1.00. The average Bonchev–Trinajstić information content (AvgIpc) is 2.94. The maximum absolute atomic E-state index is 10.8. The summed E-state index contributed by atoms with van der Waals surface area (Å²) < 4.78 is 27.4. The first-order chi connectivity index (χ1) is 19.0. The second-order valence-electron chi connectivity index (χ2n) is 9.72. The third kappa shape index (κ3) is 9.35. The zero-order valence-corrected chi connectivity index (χ0v) is 22.7. The van der Waals surface area contributed by atoms with Gasteiger partial charge in [0.05, 0.1) is 19.3 Å². The van der Waals surface area contributed by atoms with Gasteiger partial charge in [0.1, 0.15) is 61.0 Å². The predicted molar refractivity (Wildman–Crippen MR) is 135 cm³/mol. The summed E-state index contributed by atoms with van der Waals surface area (Å²) in [4.78, 5) is 0. The van der Waals surface area contributed by atoms with Gasteiger partial charge < -0.3 is 79.9 Å². The summed E-state index contributed by atoms with van der Waals surface area (Å²) in [6.07, 6.45) is -22.8. The van der Waals surface area contributed by atoms with E-state index in [0.29, 0.717) is 12.2 Å². The van der Waals surface area contributed by atoms with Crippen LogP contribution in [0.25, 0.3) is 0 Å². The second-order valence-corrected chi connectivity index (χ2v) is 10.2. The van der Waals surface area contributed by atoms with Crippen LogP contribution >= 0.6 is 12.6 Å². The summed E-state index contributed by atoms with van der Waals surface area (Å²) in [5.41, 5.74) is 0. The molecule has 0 amide bonds. The summed E-state index contributed by atoms with van der Waals surface area (Å²) in [5, 5.41) is 112. The molecule has 2 saturated heterocycles. The van der Waals surface area contributed by atoms with E-state index in [0.717, 1.165) is 12.8 Å². The molecule has 2 aliphatic rings. The molecule has 0 aromatic carbocycles. The third-order valence-electron chi connectivity index (χ3n) is 6.78. The van der Waals surface area contributed by atoms with Crippen molar-refractivity contribution in [2.45, 2.75) is 112 Å². The Morgan fingerprint density at radius 1 is 0.725 bits per heavy atom. The molecular formula is C23H44O16S. The first-order valence-electron chi connectivity index (χ1n) is 13.1. The molecule has 14 atom stereocenters. The number of rotatable bonds is 17. The van der Waals surface area contributed by atoms with E-state index >= 15 is 0 Å². The molecule has 2 fully saturated rings. The second kappa shape index (κ2) is 17.7. The van der Waals surface area contributed by atoms with E-state index in [2.05, 4.69) is 12.6 Å². The standard InChI is InChI=1S/C23H44O16S/c24-5-4-10(27)13(28)19(21(34)35-6-2-1-3-7-40)38-23-20(17(32)15(30)12(9-26)37-23)39-22-18(33)16(31)14(29)11(8-25)36-22/h10-34,40H,1-9H2/t10-,11?,12?,13?,14-,15-,16?,17?,18?,19?,20?,21-,22+,23-/m1/s1. The van der Waals surface area contributed by atoms with Crippen LogP contribution in [-0.4, -0.2) is 174 Å². The molecular weight excluding hydrogens is 564 g/mol. The van der Waals surface area contributed by atoms with E-state index in [1.54, 1.807) is 0 Å². The van der Waals surface area contributed by atoms with Gasteiger partial charge in [0.2, 0.25) is 0 Å². The van der Waals surface area contributed by atoms with Crippen LogP contribution < -0.4 is 0 Å². The zero-order chi connectivity index (χ0) is 30.0. The van der Waals surface area contributed by atoms with Gasteiger partial charge >= 0.3 is 0 Å². The van der Waals surface area contributed by atoms with Crippen LogP contribution in [0, 0.1) is 0 Å². The third-order valence-corrected chi connectivity index (χ3v) is 7.10. The Kier molecular flexibility index (Phi) is 15.9. The van der Waals surface area contributed by atoms with Gasteiger partial charge in [-0.15, -0.1) is 0 Å². The molecule has 2 heterocycles. The van der Waals surface area contributed by atoms with Gasteiger partial charge in [0.15, 0.2) is 18.9 Å². The van der Waals surface area contributed by atoms with Gasteiger partial charge in [-0.05, 0) is 25.0 Å². The van der Waals surface area contributed by atoms with Crippen molar-refractivity contribution in [1.82, 2.24) is 0 Å². The highest BCUT2D eigenvalue weighted by atomic mass is 32.1. The van der Waals surface area contributed by atoms with Crippen molar-refractivity contribution in [3.8, 4) is 0 Å². The summed E-state index contributed by atoms with van der Waals surface area (Å²) in [6.45, 7) is -2.09. The SMILES string of the molecule is OCC[C@@H](O)C(O)C(O[C@H]1OC(CO)[C@@H](O)C(O)C1O[C@@H]1OC(CO)[C@@H](O)C(O)C1O)[C@H](O)OCCCCCS. The van der Waals surface area contributed by atoms with Gasteiger partial charge in [0.25, 0.3) is 0 Å². The van der Waals surface area contributed by atoms with Crippen molar-refractivity contribution in [3.05, 3.63) is 0 Å². The first kappa shape index (κ1) is 35.9. The van der Waals surface area contributed by atoms with Gasteiger partial charge in [-0.2, -0.15) is 12.6 Å². The minimum atomic E-state index is -1.91. The smallest absolute Gasteiger partial charge is 0.187 e. The quantitative estimate of drug-likeness (QED) is 0.0417. The van der Waals surface area contributed by atoms with Crippen molar-refractivity contribution in [3.63, 3.8) is 0 Å². The van der Waals surface area contributed by atoms with Crippen molar-refractivity contribution < 1.29 is 79.9 Å². The Morgan fingerprint density at radius 2 is 1.32 bits per heavy atom. The van der Waals surface area contributed by atoms with Crippen LogP contribution in [0.4, 0.5) is 0 Å². The molecule has 0 bridgehead atoms. The molecule has 8 unspecified atom stereocenters. The first-order valence-corrected chi connectivity index (χ1v) is 13.8. The molecule has 2 aliphatic heterocycles. The van der Waals surface area contributed by atoms with Crippen LogP contribution in [-0.2, 0) is 23.7 Å². The number of ether oxygens (including phenoxy) is 5. The summed E-state index contributed by atoms with van der Waals surface area (Å²) in [5.74, 6) is 0.648. The Hall–Kier alpha value is -0.290. The van der Waals surface area contributed by atoms with E-state index in [1.807, 2.05) is 0 Å². The topological polar surface area (TPSA) is 269 Å². The van der Waals surface area contributed by atoms with Gasteiger partial charge in [0, 0.05) is 13.2 Å². The number of aliphatic hydroxyl groups excluding tert-OH is 11. The molecule has 17 heteroatoms. The number of unbranched alkanes of at least 4 members (excludes halogenated alkanes) is 2. The maximum Gasteiger partial charge on any atom is 0.187 e. The summed E-state index contributed by atoms with van der Waals surface area (Å²) in [7, 11) is 0. The minimum absolute atomic E-state index is 0.0224. The molecule has 2 rings (SSSR count). The number of aliphatic hydroxyl groups is 11. The van der Waals surface area contributed by atoms with E-state index in [9.17, 15) is 56.2 Å². The van der Waals surface area contributed by atoms with Crippen LogP contribution in [0.1, 0.15) is 25.7 Å². The van der Waals surface area contributed by atoms with Gasteiger partial charge in [-0.3, -0.25) is 0 Å². The number of hydrogen-bond donors (Lipinski definition) is 12. The van der Waals surface area contributed by atoms with E-state index in [1.165, 1.54) is 0 Å². The van der Waals surface area contributed by atoms with Crippen LogP contribution in [0.5, 0.6) is 0 Å². The lowest BCUT2D eigenvalue weighted by Crippen LogP contribution is -2.65. The maximum atomic E-state index is 10.8. The molecule has 0 radical (unpaired) electrons. The largest absolute Gasteiger partial charge is 0.396 e. The Balaban J connectivity index is 2.30. The fourth-order valence-electron chi connectivity index (χ4n) is 4.33. The van der Waals surface area contributed by atoms with E-state index < -0.39 is 106 Å². The number of hydrogen-bond acceptors (Lipinski definition) is 17. The molecule has 11 N–H and O–H groups in total. The van der Waals surface area contributed by atoms with E-state index in [-0.39, 0.29) is 13.0 Å². The highest BCUT2D eigenvalue weighted by Crippen LogP contribution is 2.31. The molecule has 0 aromatic heterocycles. The van der Waals surface area contributed by atoms with Crippen molar-refractivity contribution >= 4 is 12.6 Å². The summed E-state index contributed by atoms with van der Waals surface area (Å²) in [6, 6.07) is 0. The Labute approximate surface area is 236 Å². The van der Waals surface area contributed by atoms with Crippen LogP contribution in [0.2, 0.25) is 0 Å². The number of thiol groups is 1. The molecule has 238 valence electrons. The normalized spacial score (nSPS) is 38.1. The van der Waals surface area contributed by atoms with E-state index in [4.69, 9.17) is 23.7 Å². The van der Waals surface area contributed by atoms with Crippen molar-refractivity contribution in [2.75, 3.05) is 32.2 Å². The molecule has 16 nitrogen and oxygen atoms in total. The van der Waals surface area contributed by atoms with Gasteiger partial charge in [-0.25, -0.2) is 0 Å². The highest BCUT2D eigenvalue weighted by molar-refractivity contribution is 7.80. The monoisotopic (exact) mass is 608 g/mol. The molecule has 40 heavy (non-hydrogen) atoms. The van der Waals surface area contributed by atoms with Crippen LogP contribution in [0.15, 0.2) is 0 Å². The fourth-order valence-corrected chi connectivity index (χ4v) is 4.55. The zero-order valence-electron chi connectivity index (χ0n) is 21.9. The lowest BCUT2D eigenvalue weighted by molar-refractivity contribution is -0.382. The Morgan fingerprint density at radius 3 is 1.90 bits per heavy atom. The molecule has 0 aliphatic carbocycles. The molecule has 0 aromatic rings. The average molecular weight is 609 g/mol. The van der Waals surface area contributed by atoms with Crippen molar-refractivity contribution in [1.29, 1.82) is 0 Å². The van der Waals surface area contributed by atoms with Crippen LogP contribution in [0.3, 0.4) is 0 Å². The lowest BCUT2D eigenvalue weighted by atomic mass is 9.97.